The Labute approximate surface area is 168 Å². The van der Waals surface area contributed by atoms with Crippen molar-refractivity contribution in [1.82, 2.24) is 10.3 Å². The number of alkyl carbamates (subject to hydrolysis) is 1. The minimum atomic E-state index is -0.654. The number of carbonyl (C=O) groups is 1. The summed E-state index contributed by atoms with van der Waals surface area (Å²) in [5, 5.41) is 14.8. The van der Waals surface area contributed by atoms with E-state index >= 15 is 0 Å². The molecule has 0 aliphatic rings. The van der Waals surface area contributed by atoms with Crippen molar-refractivity contribution >= 4 is 34.3 Å². The molecule has 3 aromatic rings. The summed E-state index contributed by atoms with van der Waals surface area (Å²) in [5.41, 5.74) is 2.62. The van der Waals surface area contributed by atoms with E-state index in [1.54, 1.807) is 31.3 Å². The van der Waals surface area contributed by atoms with E-state index in [4.69, 9.17) is 16.3 Å². The molecule has 1 heterocycles. The number of carbonyl (C=O) groups excluding carboxylic acids is 1. The number of hydrogen-bond acceptors (Lipinski definition) is 5. The molecule has 146 valence electrons. The van der Waals surface area contributed by atoms with Gasteiger partial charge in [-0.3, -0.25) is 4.98 Å². The number of benzene rings is 2. The van der Waals surface area contributed by atoms with Crippen molar-refractivity contribution in [2.24, 2.45) is 0 Å². The number of aromatic nitrogens is 1. The van der Waals surface area contributed by atoms with Gasteiger partial charge in [0.2, 0.25) is 0 Å². The summed E-state index contributed by atoms with van der Waals surface area (Å²) >= 11 is 6.43. The number of nitrogens with zero attached hydrogens (tertiary/aromatic N) is 2. The fourth-order valence-electron chi connectivity index (χ4n) is 3.02. The van der Waals surface area contributed by atoms with Gasteiger partial charge in [0, 0.05) is 36.9 Å². The van der Waals surface area contributed by atoms with Crippen molar-refractivity contribution in [2.75, 3.05) is 25.6 Å². The van der Waals surface area contributed by atoms with E-state index in [2.05, 4.69) is 10.3 Å². The highest BCUT2D eigenvalue weighted by molar-refractivity contribution is 6.35. The van der Waals surface area contributed by atoms with Gasteiger partial charge in [-0.2, -0.15) is 0 Å². The predicted octanol–water partition coefficient (Wildman–Crippen LogP) is 4.50. The summed E-state index contributed by atoms with van der Waals surface area (Å²) in [6.45, 7) is 1.97. The van der Waals surface area contributed by atoms with Gasteiger partial charge >= 0.3 is 6.09 Å². The maximum atomic E-state index is 12.2. The molecular formula is C21H22ClN3O3. The van der Waals surface area contributed by atoms with Crippen LogP contribution in [0.2, 0.25) is 5.02 Å². The first-order valence-electron chi connectivity index (χ1n) is 8.89. The molecule has 7 heteroatoms. The Bertz CT molecular complexity index is 990. The fraction of sp³-hybridized carbons (Fsp3) is 0.238. The van der Waals surface area contributed by atoms with Gasteiger partial charge in [-0.15, -0.1) is 0 Å². The van der Waals surface area contributed by atoms with E-state index in [1.807, 2.05) is 43.3 Å². The fourth-order valence-corrected chi connectivity index (χ4v) is 3.29. The van der Waals surface area contributed by atoms with Crippen LogP contribution >= 0.6 is 11.6 Å². The third kappa shape index (κ3) is 3.97. The number of phenolic OH excluding ortho intramolecular Hbond substituents is 1. The SMILES string of the molecule is CCOC(=O)NC(c1ccc(N(C)C)cc1)c1cc(Cl)c2cccnc2c1O. The second-order valence-electron chi connectivity index (χ2n) is 6.48. The van der Waals surface area contributed by atoms with Crippen LogP contribution in [0.1, 0.15) is 24.1 Å². The maximum absolute atomic E-state index is 12.2. The number of anilines is 1. The van der Waals surface area contributed by atoms with Gasteiger partial charge in [-0.1, -0.05) is 23.7 Å². The summed E-state index contributed by atoms with van der Waals surface area (Å²) in [6, 6.07) is 12.2. The number of ether oxygens (including phenoxy) is 1. The normalized spacial score (nSPS) is 11.9. The Morgan fingerprint density at radius 3 is 2.64 bits per heavy atom. The number of hydrogen-bond donors (Lipinski definition) is 2. The summed E-state index contributed by atoms with van der Waals surface area (Å²) in [5.74, 6) is -0.0292. The summed E-state index contributed by atoms with van der Waals surface area (Å²) in [7, 11) is 3.90. The molecule has 0 saturated carbocycles. The minimum Gasteiger partial charge on any atom is -0.505 e. The monoisotopic (exact) mass is 399 g/mol. The lowest BCUT2D eigenvalue weighted by atomic mass is 9.96. The smallest absolute Gasteiger partial charge is 0.407 e. The lowest BCUT2D eigenvalue weighted by molar-refractivity contribution is 0.149. The molecule has 0 fully saturated rings. The molecule has 1 aromatic heterocycles. The molecule has 1 amide bonds. The Kier molecular flexibility index (Phi) is 5.90. The van der Waals surface area contributed by atoms with E-state index in [0.29, 0.717) is 21.5 Å². The van der Waals surface area contributed by atoms with Crippen LogP contribution in [0.3, 0.4) is 0 Å². The third-order valence-electron chi connectivity index (χ3n) is 4.44. The maximum Gasteiger partial charge on any atom is 0.407 e. The van der Waals surface area contributed by atoms with Gasteiger partial charge in [0.25, 0.3) is 0 Å². The predicted molar refractivity (Wildman–Crippen MR) is 111 cm³/mol. The molecule has 28 heavy (non-hydrogen) atoms. The number of halogens is 1. The lowest BCUT2D eigenvalue weighted by Gasteiger charge is -2.22. The zero-order chi connectivity index (χ0) is 20.3. The van der Waals surface area contributed by atoms with Crippen LogP contribution < -0.4 is 10.2 Å². The molecule has 1 atom stereocenters. The molecule has 0 radical (unpaired) electrons. The standard InChI is InChI=1S/C21H22ClN3O3/c1-4-28-21(27)24-18(13-7-9-14(10-8-13)25(2)3)16-12-17(22)15-6-5-11-23-19(15)20(16)26/h5-12,18,26H,4H2,1-3H3,(H,24,27). The van der Waals surface area contributed by atoms with E-state index in [9.17, 15) is 9.90 Å². The molecule has 0 bridgehead atoms. The molecule has 0 aliphatic heterocycles. The number of rotatable bonds is 5. The van der Waals surface area contributed by atoms with Gasteiger partial charge in [-0.05, 0) is 42.8 Å². The van der Waals surface area contributed by atoms with Crippen molar-refractivity contribution in [1.29, 1.82) is 0 Å². The minimum absolute atomic E-state index is 0.0292. The van der Waals surface area contributed by atoms with Crippen molar-refractivity contribution in [3.05, 3.63) is 64.8 Å². The van der Waals surface area contributed by atoms with Crippen LogP contribution in [0.4, 0.5) is 10.5 Å². The van der Waals surface area contributed by atoms with Crippen molar-refractivity contribution in [3.8, 4) is 5.75 Å². The number of phenols is 1. The highest BCUT2D eigenvalue weighted by atomic mass is 35.5. The molecule has 2 aromatic carbocycles. The molecular weight excluding hydrogens is 378 g/mol. The van der Waals surface area contributed by atoms with Crippen LogP contribution in [0.15, 0.2) is 48.7 Å². The first-order valence-corrected chi connectivity index (χ1v) is 9.26. The zero-order valence-electron chi connectivity index (χ0n) is 15.9. The average molecular weight is 400 g/mol. The number of amides is 1. The van der Waals surface area contributed by atoms with Crippen molar-refractivity contribution < 1.29 is 14.6 Å². The Morgan fingerprint density at radius 2 is 2.00 bits per heavy atom. The number of pyridine rings is 1. The summed E-state index contributed by atoms with van der Waals surface area (Å²) in [4.78, 5) is 18.4. The molecule has 3 rings (SSSR count). The topological polar surface area (TPSA) is 74.7 Å². The second-order valence-corrected chi connectivity index (χ2v) is 6.89. The van der Waals surface area contributed by atoms with Gasteiger partial charge in [-0.25, -0.2) is 4.79 Å². The van der Waals surface area contributed by atoms with E-state index in [-0.39, 0.29) is 12.4 Å². The quantitative estimate of drug-likeness (QED) is 0.660. The third-order valence-corrected chi connectivity index (χ3v) is 4.75. The first-order chi connectivity index (χ1) is 13.4. The Morgan fingerprint density at radius 1 is 1.29 bits per heavy atom. The molecule has 6 nitrogen and oxygen atoms in total. The zero-order valence-corrected chi connectivity index (χ0v) is 16.7. The van der Waals surface area contributed by atoms with Crippen molar-refractivity contribution in [2.45, 2.75) is 13.0 Å². The highest BCUT2D eigenvalue weighted by Gasteiger charge is 2.24. The van der Waals surface area contributed by atoms with E-state index < -0.39 is 12.1 Å². The second kappa shape index (κ2) is 8.35. The molecule has 0 saturated heterocycles. The van der Waals surface area contributed by atoms with Gasteiger partial charge < -0.3 is 20.1 Å². The van der Waals surface area contributed by atoms with Gasteiger partial charge in [0.05, 0.1) is 17.7 Å². The van der Waals surface area contributed by atoms with Crippen LogP contribution in [-0.4, -0.2) is 36.9 Å². The van der Waals surface area contributed by atoms with Crippen LogP contribution in [0.5, 0.6) is 5.75 Å². The highest BCUT2D eigenvalue weighted by Crippen LogP contribution is 2.38. The molecule has 0 aliphatic carbocycles. The Hall–Kier alpha value is -2.99. The van der Waals surface area contributed by atoms with Crippen LogP contribution in [-0.2, 0) is 4.74 Å². The first kappa shape index (κ1) is 19.8. The Balaban J connectivity index is 2.12. The summed E-state index contributed by atoms with van der Waals surface area (Å²) < 4.78 is 5.05. The number of fused-ring (bicyclic) bond motifs is 1. The lowest BCUT2D eigenvalue weighted by Crippen LogP contribution is -2.30. The van der Waals surface area contributed by atoms with Crippen LogP contribution in [0, 0.1) is 0 Å². The van der Waals surface area contributed by atoms with Crippen LogP contribution in [0.25, 0.3) is 10.9 Å². The molecule has 1 unspecified atom stereocenters. The van der Waals surface area contributed by atoms with E-state index in [1.165, 1.54) is 0 Å². The van der Waals surface area contributed by atoms with Gasteiger partial charge in [0.15, 0.2) is 0 Å². The largest absolute Gasteiger partial charge is 0.505 e. The summed E-state index contributed by atoms with van der Waals surface area (Å²) in [6.07, 6.45) is 1.00. The van der Waals surface area contributed by atoms with E-state index in [0.717, 1.165) is 11.3 Å². The number of aromatic hydroxyl groups is 1. The van der Waals surface area contributed by atoms with Gasteiger partial charge in [0.1, 0.15) is 11.3 Å². The molecule has 2 N–H and O–H groups in total. The van der Waals surface area contributed by atoms with Crippen molar-refractivity contribution in [3.63, 3.8) is 0 Å². The molecule has 0 spiro atoms. The average Bonchev–Trinajstić information content (AvgIpc) is 2.69. The number of nitrogens with one attached hydrogen (secondary N) is 1.